The zero-order valence-electron chi connectivity index (χ0n) is 10.9. The molecule has 1 aliphatic heterocycles. The molecule has 0 spiro atoms. The number of rotatable bonds is 2. The molecular formula is C14H18FNOS. The number of thioether (sulfide) groups is 1. The van der Waals surface area contributed by atoms with E-state index in [2.05, 4.69) is 18.7 Å². The van der Waals surface area contributed by atoms with E-state index in [4.69, 9.17) is 0 Å². The quantitative estimate of drug-likeness (QED) is 0.766. The highest BCUT2D eigenvalue weighted by molar-refractivity contribution is 8.00. The summed E-state index contributed by atoms with van der Waals surface area (Å²) in [6.45, 7) is 7.48. The number of hydrogen-bond donors (Lipinski definition) is 0. The maximum Gasteiger partial charge on any atom is 0.164 e. The summed E-state index contributed by atoms with van der Waals surface area (Å²) in [7, 11) is 0. The van der Waals surface area contributed by atoms with Gasteiger partial charge in [-0.15, -0.1) is 0 Å². The van der Waals surface area contributed by atoms with Gasteiger partial charge in [0, 0.05) is 23.6 Å². The Morgan fingerprint density at radius 2 is 1.94 bits per heavy atom. The Morgan fingerprint density at radius 3 is 2.50 bits per heavy atom. The van der Waals surface area contributed by atoms with Crippen LogP contribution in [-0.4, -0.2) is 29.4 Å². The largest absolute Gasteiger partial charge is 0.369 e. The van der Waals surface area contributed by atoms with E-state index in [0.717, 1.165) is 18.8 Å². The first kappa shape index (κ1) is 13.4. The van der Waals surface area contributed by atoms with Gasteiger partial charge in [0.1, 0.15) is 5.82 Å². The predicted octanol–water partition coefficient (Wildman–Crippen LogP) is 3.36. The zero-order valence-corrected chi connectivity index (χ0v) is 11.8. The third kappa shape index (κ3) is 2.69. The van der Waals surface area contributed by atoms with Gasteiger partial charge in [0.05, 0.1) is 11.3 Å². The second kappa shape index (κ2) is 5.31. The molecule has 4 heteroatoms. The molecule has 0 bridgehead atoms. The molecule has 2 atom stereocenters. The molecule has 1 aromatic carbocycles. The smallest absolute Gasteiger partial charge is 0.164 e. The minimum absolute atomic E-state index is 0.207. The highest BCUT2D eigenvalue weighted by Crippen LogP contribution is 2.31. The molecule has 0 aliphatic carbocycles. The SMILES string of the molecule is CC(=O)c1c(F)cccc1N1CC(C)SC(C)C1. The van der Waals surface area contributed by atoms with Crippen LogP contribution in [0.3, 0.4) is 0 Å². The van der Waals surface area contributed by atoms with Crippen molar-refractivity contribution in [3.8, 4) is 0 Å². The van der Waals surface area contributed by atoms with Gasteiger partial charge in [0.2, 0.25) is 0 Å². The molecule has 1 heterocycles. The minimum atomic E-state index is -0.418. The van der Waals surface area contributed by atoms with Crippen LogP contribution >= 0.6 is 11.8 Å². The summed E-state index contributed by atoms with van der Waals surface area (Å²) >= 11 is 1.94. The van der Waals surface area contributed by atoms with Crippen molar-refractivity contribution in [2.24, 2.45) is 0 Å². The molecule has 0 N–H and O–H groups in total. The summed E-state index contributed by atoms with van der Waals surface area (Å²) in [6.07, 6.45) is 0. The van der Waals surface area contributed by atoms with Crippen molar-refractivity contribution in [2.75, 3.05) is 18.0 Å². The monoisotopic (exact) mass is 267 g/mol. The fourth-order valence-electron chi connectivity index (χ4n) is 2.50. The Labute approximate surface area is 112 Å². The van der Waals surface area contributed by atoms with Crippen molar-refractivity contribution < 1.29 is 9.18 Å². The molecule has 1 aromatic rings. The lowest BCUT2D eigenvalue weighted by atomic mass is 10.1. The Hall–Kier alpha value is -1.03. The van der Waals surface area contributed by atoms with Crippen LogP contribution < -0.4 is 4.90 Å². The van der Waals surface area contributed by atoms with E-state index in [1.54, 1.807) is 6.07 Å². The van der Waals surface area contributed by atoms with Crippen LogP contribution in [0.25, 0.3) is 0 Å². The first-order valence-corrected chi connectivity index (χ1v) is 7.13. The number of carbonyl (C=O) groups is 1. The normalized spacial score (nSPS) is 24.1. The molecule has 0 aromatic heterocycles. The van der Waals surface area contributed by atoms with Gasteiger partial charge in [-0.05, 0) is 19.1 Å². The summed E-state index contributed by atoms with van der Waals surface area (Å²) < 4.78 is 13.8. The van der Waals surface area contributed by atoms with Gasteiger partial charge >= 0.3 is 0 Å². The number of carbonyl (C=O) groups excluding carboxylic acids is 1. The molecule has 0 radical (unpaired) electrons. The number of ketones is 1. The van der Waals surface area contributed by atoms with Crippen LogP contribution in [0.5, 0.6) is 0 Å². The van der Waals surface area contributed by atoms with Crippen molar-refractivity contribution in [3.63, 3.8) is 0 Å². The van der Waals surface area contributed by atoms with E-state index >= 15 is 0 Å². The van der Waals surface area contributed by atoms with Gasteiger partial charge in [0.25, 0.3) is 0 Å². The fraction of sp³-hybridized carbons (Fsp3) is 0.500. The van der Waals surface area contributed by atoms with E-state index in [1.165, 1.54) is 13.0 Å². The molecule has 2 nitrogen and oxygen atoms in total. The number of halogens is 1. The van der Waals surface area contributed by atoms with E-state index in [1.807, 2.05) is 17.8 Å². The average Bonchev–Trinajstić information content (AvgIpc) is 2.26. The van der Waals surface area contributed by atoms with E-state index in [9.17, 15) is 9.18 Å². The van der Waals surface area contributed by atoms with E-state index in [0.29, 0.717) is 10.5 Å². The zero-order chi connectivity index (χ0) is 13.3. The molecule has 1 saturated heterocycles. The molecule has 18 heavy (non-hydrogen) atoms. The lowest BCUT2D eigenvalue weighted by molar-refractivity contribution is 0.101. The van der Waals surface area contributed by atoms with Crippen molar-refractivity contribution in [3.05, 3.63) is 29.6 Å². The average molecular weight is 267 g/mol. The molecular weight excluding hydrogens is 249 g/mol. The number of Topliss-reactive ketones (excluding diaryl/α,β-unsaturated/α-hetero) is 1. The van der Waals surface area contributed by atoms with Gasteiger partial charge in [-0.2, -0.15) is 11.8 Å². The van der Waals surface area contributed by atoms with Crippen LogP contribution in [0.1, 0.15) is 31.1 Å². The Balaban J connectivity index is 2.38. The lowest BCUT2D eigenvalue weighted by Gasteiger charge is -2.37. The Kier molecular flexibility index (Phi) is 3.95. The van der Waals surface area contributed by atoms with E-state index in [-0.39, 0.29) is 11.3 Å². The second-order valence-electron chi connectivity index (χ2n) is 4.85. The first-order valence-electron chi connectivity index (χ1n) is 6.19. The highest BCUT2D eigenvalue weighted by atomic mass is 32.2. The number of benzene rings is 1. The minimum Gasteiger partial charge on any atom is -0.369 e. The molecule has 2 rings (SSSR count). The second-order valence-corrected chi connectivity index (χ2v) is 6.73. The van der Waals surface area contributed by atoms with Crippen LogP contribution in [0, 0.1) is 5.82 Å². The van der Waals surface area contributed by atoms with Gasteiger partial charge in [0.15, 0.2) is 5.78 Å². The van der Waals surface area contributed by atoms with Gasteiger partial charge < -0.3 is 4.90 Å². The standard InChI is InChI=1S/C14H18FNOS/c1-9-7-16(8-10(2)18-9)13-6-4-5-12(15)14(13)11(3)17/h4-6,9-10H,7-8H2,1-3H3. The van der Waals surface area contributed by atoms with Gasteiger partial charge in [-0.1, -0.05) is 19.9 Å². The third-order valence-corrected chi connectivity index (χ3v) is 4.33. The van der Waals surface area contributed by atoms with Crippen LogP contribution in [0.15, 0.2) is 18.2 Å². The summed E-state index contributed by atoms with van der Waals surface area (Å²) in [4.78, 5) is 13.8. The maximum atomic E-state index is 13.8. The predicted molar refractivity (Wildman–Crippen MR) is 75.1 cm³/mol. The molecule has 1 fully saturated rings. The Morgan fingerprint density at radius 1 is 1.33 bits per heavy atom. The molecule has 2 unspecified atom stereocenters. The number of anilines is 1. The lowest BCUT2D eigenvalue weighted by Crippen LogP contribution is -2.41. The van der Waals surface area contributed by atoms with Crippen molar-refractivity contribution in [1.82, 2.24) is 0 Å². The Bertz CT molecular complexity index is 453. The summed E-state index contributed by atoms with van der Waals surface area (Å²) in [5, 5.41) is 0.994. The molecule has 98 valence electrons. The number of nitrogens with zero attached hydrogens (tertiary/aromatic N) is 1. The van der Waals surface area contributed by atoms with E-state index < -0.39 is 5.82 Å². The molecule has 0 saturated carbocycles. The maximum absolute atomic E-state index is 13.8. The fourth-order valence-corrected chi connectivity index (χ4v) is 3.82. The summed E-state index contributed by atoms with van der Waals surface area (Å²) in [6, 6.07) is 4.87. The van der Waals surface area contributed by atoms with Crippen LogP contribution in [0.2, 0.25) is 0 Å². The number of hydrogen-bond acceptors (Lipinski definition) is 3. The van der Waals surface area contributed by atoms with Crippen molar-refractivity contribution in [1.29, 1.82) is 0 Å². The van der Waals surface area contributed by atoms with Crippen LogP contribution in [-0.2, 0) is 0 Å². The van der Waals surface area contributed by atoms with Crippen molar-refractivity contribution >= 4 is 23.2 Å². The molecule has 0 amide bonds. The first-order chi connectivity index (χ1) is 8.49. The molecule has 1 aliphatic rings. The summed E-state index contributed by atoms with van der Waals surface area (Å²) in [5.41, 5.74) is 0.963. The highest BCUT2D eigenvalue weighted by Gasteiger charge is 2.25. The van der Waals surface area contributed by atoms with Crippen molar-refractivity contribution in [2.45, 2.75) is 31.3 Å². The van der Waals surface area contributed by atoms with Gasteiger partial charge in [-0.3, -0.25) is 4.79 Å². The third-order valence-electron chi connectivity index (χ3n) is 3.10. The van der Waals surface area contributed by atoms with Gasteiger partial charge in [-0.25, -0.2) is 4.39 Å². The summed E-state index contributed by atoms with van der Waals surface area (Å²) in [5.74, 6) is -0.625. The topological polar surface area (TPSA) is 20.3 Å². The van der Waals surface area contributed by atoms with Crippen LogP contribution in [0.4, 0.5) is 10.1 Å².